The lowest BCUT2D eigenvalue weighted by atomic mass is 10.0. The number of urea groups is 1. The highest BCUT2D eigenvalue weighted by molar-refractivity contribution is 9.10. The Kier molecular flexibility index (Phi) is 7.90. The second-order valence-electron chi connectivity index (χ2n) is 8.29. The lowest BCUT2D eigenvalue weighted by Gasteiger charge is -2.26. The Balaban J connectivity index is 1.67. The maximum atomic E-state index is 13.5. The third-order valence-electron chi connectivity index (χ3n) is 5.61. The summed E-state index contributed by atoms with van der Waals surface area (Å²) in [4.78, 5) is 39.2. The van der Waals surface area contributed by atoms with E-state index in [1.54, 1.807) is 49.4 Å². The number of barbiturate groups is 1. The molecule has 1 heterocycles. The fourth-order valence-electron chi connectivity index (χ4n) is 3.79. The first-order valence-corrected chi connectivity index (χ1v) is 12.3. The molecule has 0 aliphatic carbocycles. The Hall–Kier alpha value is -3.75. The summed E-state index contributed by atoms with van der Waals surface area (Å²) in [6.07, 6.45) is 3.52. The Morgan fingerprint density at radius 2 is 1.92 bits per heavy atom. The van der Waals surface area contributed by atoms with Gasteiger partial charge in [0.05, 0.1) is 10.2 Å². The number of anilines is 1. The van der Waals surface area contributed by atoms with Crippen LogP contribution in [0.15, 0.2) is 77.3 Å². The molecule has 1 N–H and O–H groups in total. The van der Waals surface area contributed by atoms with Crippen molar-refractivity contribution in [2.24, 2.45) is 0 Å². The zero-order valence-electron chi connectivity index (χ0n) is 19.7. The van der Waals surface area contributed by atoms with Crippen LogP contribution < -0.4 is 15.0 Å². The van der Waals surface area contributed by atoms with Crippen LogP contribution >= 0.6 is 27.5 Å². The van der Waals surface area contributed by atoms with E-state index < -0.39 is 17.8 Å². The standard InChI is InChI=1S/C28H21BrClFN2O4/c1-3-5-19-10-18(13-23(29)25(19)37-15-17-6-4-7-20(31)11-17)12-22-26(34)32-28(36)33(27(22)35)21-9-8-16(2)24(30)14-21/h3-4,6-14H,1,5,15H2,2H3,(H,32,34,36)/b22-12-. The van der Waals surface area contributed by atoms with E-state index in [0.29, 0.717) is 32.8 Å². The number of hydrogen-bond acceptors (Lipinski definition) is 4. The Morgan fingerprint density at radius 3 is 2.62 bits per heavy atom. The van der Waals surface area contributed by atoms with Crippen LogP contribution in [0.25, 0.3) is 6.08 Å². The number of halogens is 3. The number of imide groups is 2. The van der Waals surface area contributed by atoms with Crippen LogP contribution in [-0.4, -0.2) is 17.8 Å². The van der Waals surface area contributed by atoms with Crippen molar-refractivity contribution in [3.63, 3.8) is 0 Å². The first-order valence-electron chi connectivity index (χ1n) is 11.2. The zero-order valence-corrected chi connectivity index (χ0v) is 22.0. The Bertz CT molecular complexity index is 1470. The van der Waals surface area contributed by atoms with Crippen molar-refractivity contribution in [1.29, 1.82) is 0 Å². The number of hydrogen-bond donors (Lipinski definition) is 1. The predicted octanol–water partition coefficient (Wildman–Crippen LogP) is 6.52. The van der Waals surface area contributed by atoms with E-state index in [1.807, 2.05) is 0 Å². The molecule has 3 aromatic rings. The average molecular weight is 584 g/mol. The van der Waals surface area contributed by atoms with Gasteiger partial charge in [0, 0.05) is 5.02 Å². The van der Waals surface area contributed by atoms with Gasteiger partial charge in [-0.2, -0.15) is 0 Å². The van der Waals surface area contributed by atoms with Gasteiger partial charge in [-0.3, -0.25) is 14.9 Å². The van der Waals surface area contributed by atoms with Crippen molar-refractivity contribution in [3.8, 4) is 5.75 Å². The van der Waals surface area contributed by atoms with Crippen molar-refractivity contribution in [1.82, 2.24) is 5.32 Å². The van der Waals surface area contributed by atoms with Gasteiger partial charge in [-0.15, -0.1) is 6.58 Å². The molecule has 0 aromatic heterocycles. The van der Waals surface area contributed by atoms with E-state index >= 15 is 0 Å². The van der Waals surface area contributed by atoms with Crippen LogP contribution in [-0.2, 0) is 22.6 Å². The first kappa shape index (κ1) is 26.3. The van der Waals surface area contributed by atoms with Gasteiger partial charge in [0.15, 0.2) is 0 Å². The summed E-state index contributed by atoms with van der Waals surface area (Å²) >= 11 is 9.68. The number of benzene rings is 3. The van der Waals surface area contributed by atoms with Gasteiger partial charge in [-0.1, -0.05) is 35.9 Å². The summed E-state index contributed by atoms with van der Waals surface area (Å²) in [5, 5.41) is 2.59. The largest absolute Gasteiger partial charge is 0.487 e. The molecule has 1 aliphatic rings. The molecule has 1 aliphatic heterocycles. The fraction of sp³-hybridized carbons (Fsp3) is 0.107. The van der Waals surface area contributed by atoms with Crippen molar-refractivity contribution in [3.05, 3.63) is 110 Å². The number of aryl methyl sites for hydroxylation is 1. The minimum absolute atomic E-state index is 0.137. The summed E-state index contributed by atoms with van der Waals surface area (Å²) < 4.78 is 20.1. The molecular weight excluding hydrogens is 563 g/mol. The number of nitrogens with zero attached hydrogens (tertiary/aromatic N) is 1. The van der Waals surface area contributed by atoms with Crippen LogP contribution in [0.5, 0.6) is 5.75 Å². The molecule has 0 saturated carbocycles. The van der Waals surface area contributed by atoms with Gasteiger partial charge < -0.3 is 4.74 Å². The maximum Gasteiger partial charge on any atom is 0.335 e. The molecule has 0 unspecified atom stereocenters. The fourth-order valence-corrected chi connectivity index (χ4v) is 4.60. The van der Waals surface area contributed by atoms with Crippen molar-refractivity contribution in [2.75, 3.05) is 4.90 Å². The highest BCUT2D eigenvalue weighted by Crippen LogP contribution is 2.34. The SMILES string of the molecule is C=CCc1cc(/C=C2/C(=O)NC(=O)N(c3ccc(C)c(Cl)c3)C2=O)cc(Br)c1OCc1cccc(F)c1. The number of ether oxygens (including phenoxy) is 1. The molecule has 188 valence electrons. The third kappa shape index (κ3) is 5.81. The monoisotopic (exact) mass is 582 g/mol. The second-order valence-corrected chi connectivity index (χ2v) is 9.56. The van der Waals surface area contributed by atoms with Crippen LogP contribution in [0.2, 0.25) is 5.02 Å². The molecular formula is C28H21BrClFN2O4. The summed E-state index contributed by atoms with van der Waals surface area (Å²) in [5.41, 5.74) is 2.72. The summed E-state index contributed by atoms with van der Waals surface area (Å²) in [7, 11) is 0. The van der Waals surface area contributed by atoms with Gasteiger partial charge in [0.1, 0.15) is 23.7 Å². The van der Waals surface area contributed by atoms with Crippen LogP contribution in [0.4, 0.5) is 14.9 Å². The normalized spacial score (nSPS) is 14.6. The molecule has 1 fully saturated rings. The summed E-state index contributed by atoms with van der Waals surface area (Å²) in [6.45, 7) is 5.71. The van der Waals surface area contributed by atoms with Crippen molar-refractivity contribution in [2.45, 2.75) is 20.0 Å². The molecule has 0 bridgehead atoms. The number of rotatable bonds is 7. The lowest BCUT2D eigenvalue weighted by Crippen LogP contribution is -2.54. The van der Waals surface area contributed by atoms with Gasteiger partial charge in [0.25, 0.3) is 11.8 Å². The molecule has 4 amide bonds. The molecule has 0 atom stereocenters. The second kappa shape index (κ2) is 11.1. The van der Waals surface area contributed by atoms with Gasteiger partial charge >= 0.3 is 6.03 Å². The quantitative estimate of drug-likeness (QED) is 0.195. The molecule has 6 nitrogen and oxygen atoms in total. The molecule has 9 heteroatoms. The van der Waals surface area contributed by atoms with Crippen molar-refractivity contribution < 1.29 is 23.5 Å². The van der Waals surface area contributed by atoms with E-state index in [4.69, 9.17) is 16.3 Å². The maximum absolute atomic E-state index is 13.5. The minimum atomic E-state index is -0.860. The van der Waals surface area contributed by atoms with E-state index in [-0.39, 0.29) is 23.7 Å². The molecule has 37 heavy (non-hydrogen) atoms. The molecule has 4 rings (SSSR count). The minimum Gasteiger partial charge on any atom is -0.487 e. The third-order valence-corrected chi connectivity index (χ3v) is 6.60. The van der Waals surface area contributed by atoms with E-state index in [9.17, 15) is 18.8 Å². The molecule has 0 radical (unpaired) electrons. The number of carbonyl (C=O) groups is 3. The number of amides is 4. The highest BCUT2D eigenvalue weighted by Gasteiger charge is 2.37. The Labute approximate surface area is 226 Å². The van der Waals surface area contributed by atoms with Crippen LogP contribution in [0.1, 0.15) is 22.3 Å². The van der Waals surface area contributed by atoms with Gasteiger partial charge in [0.2, 0.25) is 0 Å². The van der Waals surface area contributed by atoms with E-state index in [2.05, 4.69) is 27.8 Å². The van der Waals surface area contributed by atoms with Gasteiger partial charge in [-0.05, 0) is 94.0 Å². The van der Waals surface area contributed by atoms with Crippen LogP contribution in [0.3, 0.4) is 0 Å². The molecule has 3 aromatic carbocycles. The van der Waals surface area contributed by atoms with Crippen LogP contribution in [0, 0.1) is 12.7 Å². The van der Waals surface area contributed by atoms with E-state index in [1.165, 1.54) is 24.3 Å². The zero-order chi connectivity index (χ0) is 26.7. The Morgan fingerprint density at radius 1 is 1.14 bits per heavy atom. The average Bonchev–Trinajstić information content (AvgIpc) is 2.83. The molecule has 0 spiro atoms. The summed E-state index contributed by atoms with van der Waals surface area (Å²) in [6, 6.07) is 13.4. The van der Waals surface area contributed by atoms with E-state index in [0.717, 1.165) is 16.0 Å². The topological polar surface area (TPSA) is 75.7 Å². The number of carbonyl (C=O) groups excluding carboxylic acids is 3. The molecule has 1 saturated heterocycles. The summed E-state index contributed by atoms with van der Waals surface area (Å²) in [5.74, 6) is -1.42. The van der Waals surface area contributed by atoms with Gasteiger partial charge in [-0.25, -0.2) is 14.1 Å². The smallest absolute Gasteiger partial charge is 0.335 e. The first-order chi connectivity index (χ1) is 17.7. The lowest BCUT2D eigenvalue weighted by molar-refractivity contribution is -0.122. The number of nitrogens with one attached hydrogen (secondary N) is 1. The van der Waals surface area contributed by atoms with Crippen molar-refractivity contribution >= 4 is 57.1 Å². The number of allylic oxidation sites excluding steroid dienone is 1. The predicted molar refractivity (Wildman–Crippen MR) is 144 cm³/mol. The highest BCUT2D eigenvalue weighted by atomic mass is 79.9.